The topological polar surface area (TPSA) is 50.9 Å². The summed E-state index contributed by atoms with van der Waals surface area (Å²) in [6, 6.07) is 2.26. The van der Waals surface area contributed by atoms with E-state index in [4.69, 9.17) is 17.3 Å². The van der Waals surface area contributed by atoms with Gasteiger partial charge in [0.25, 0.3) is 0 Å². The van der Waals surface area contributed by atoms with Crippen molar-refractivity contribution in [3.63, 3.8) is 0 Å². The molecule has 3 N–H and O–H groups in total. The van der Waals surface area contributed by atoms with E-state index in [-0.39, 0.29) is 0 Å². The Morgan fingerprint density at radius 3 is 2.79 bits per heavy atom. The summed E-state index contributed by atoms with van der Waals surface area (Å²) in [6.45, 7) is 0. The summed E-state index contributed by atoms with van der Waals surface area (Å²) in [5.41, 5.74) is 6.16. The number of hydrogen-bond donors (Lipinski definition) is 2. The van der Waals surface area contributed by atoms with Crippen LogP contribution in [0.2, 0.25) is 5.02 Å². The van der Waals surface area contributed by atoms with Crippen LogP contribution in [0.3, 0.4) is 0 Å². The second kappa shape index (κ2) is 4.05. The molecule has 1 aliphatic rings. The Balaban J connectivity index is 2.08. The predicted molar refractivity (Wildman–Crippen MR) is 59.5 cm³/mol. The van der Waals surface area contributed by atoms with Crippen molar-refractivity contribution >= 4 is 23.1 Å². The third kappa shape index (κ3) is 2.10. The first-order valence-corrected chi connectivity index (χ1v) is 5.31. The van der Waals surface area contributed by atoms with E-state index in [1.54, 1.807) is 12.3 Å². The van der Waals surface area contributed by atoms with E-state index in [2.05, 4.69) is 10.3 Å². The molecular formula is C10H14ClN3. The average Bonchev–Trinajstić information content (AvgIpc) is 2.62. The minimum atomic E-state index is 0.531. The number of nitrogens with zero attached hydrogens (tertiary/aromatic N) is 1. The highest BCUT2D eigenvalue weighted by Crippen LogP contribution is 2.26. The summed E-state index contributed by atoms with van der Waals surface area (Å²) in [5, 5.41) is 3.95. The molecule has 2 rings (SSSR count). The standard InChI is InChI=1S/C10H14ClN3/c11-9-5-7(12)6-13-10(9)14-8-3-1-2-4-8/h5-6,8H,1-4,12H2,(H,13,14). The van der Waals surface area contributed by atoms with Gasteiger partial charge in [0, 0.05) is 6.04 Å². The maximum Gasteiger partial charge on any atom is 0.145 e. The molecule has 14 heavy (non-hydrogen) atoms. The summed E-state index contributed by atoms with van der Waals surface area (Å²) in [7, 11) is 0. The average molecular weight is 212 g/mol. The van der Waals surface area contributed by atoms with Gasteiger partial charge < -0.3 is 11.1 Å². The van der Waals surface area contributed by atoms with Crippen LogP contribution in [0.1, 0.15) is 25.7 Å². The zero-order valence-corrected chi connectivity index (χ0v) is 8.72. The number of pyridine rings is 1. The van der Waals surface area contributed by atoms with Gasteiger partial charge in [-0.05, 0) is 18.9 Å². The van der Waals surface area contributed by atoms with E-state index in [1.807, 2.05) is 0 Å². The molecule has 1 aromatic heterocycles. The van der Waals surface area contributed by atoms with E-state index < -0.39 is 0 Å². The molecule has 0 radical (unpaired) electrons. The molecule has 4 heteroatoms. The monoisotopic (exact) mass is 211 g/mol. The number of nitrogen functional groups attached to an aromatic ring is 1. The van der Waals surface area contributed by atoms with Crippen molar-refractivity contribution in [3.05, 3.63) is 17.3 Å². The van der Waals surface area contributed by atoms with Gasteiger partial charge in [-0.1, -0.05) is 24.4 Å². The molecule has 0 aromatic carbocycles. The van der Waals surface area contributed by atoms with Crippen LogP contribution in [0.5, 0.6) is 0 Å². The maximum absolute atomic E-state index is 6.00. The number of nitrogens with two attached hydrogens (primary N) is 1. The van der Waals surface area contributed by atoms with E-state index in [0.29, 0.717) is 16.8 Å². The Hall–Kier alpha value is -0.960. The highest BCUT2D eigenvalue weighted by molar-refractivity contribution is 6.33. The van der Waals surface area contributed by atoms with Crippen LogP contribution in [0.4, 0.5) is 11.5 Å². The van der Waals surface area contributed by atoms with Gasteiger partial charge in [0.1, 0.15) is 5.82 Å². The quantitative estimate of drug-likeness (QED) is 0.791. The van der Waals surface area contributed by atoms with Crippen LogP contribution < -0.4 is 11.1 Å². The summed E-state index contributed by atoms with van der Waals surface area (Å²) < 4.78 is 0. The molecule has 3 nitrogen and oxygen atoms in total. The first-order chi connectivity index (χ1) is 6.75. The zero-order chi connectivity index (χ0) is 9.97. The molecule has 1 fully saturated rings. The molecule has 0 saturated heterocycles. The van der Waals surface area contributed by atoms with Crippen LogP contribution in [0, 0.1) is 0 Å². The molecule has 1 heterocycles. The van der Waals surface area contributed by atoms with Gasteiger partial charge in [0.2, 0.25) is 0 Å². The van der Waals surface area contributed by atoms with Crippen molar-refractivity contribution in [1.29, 1.82) is 0 Å². The van der Waals surface area contributed by atoms with Gasteiger partial charge in [0.15, 0.2) is 0 Å². The summed E-state index contributed by atoms with van der Waals surface area (Å²) in [5.74, 6) is 0.757. The number of aromatic nitrogens is 1. The van der Waals surface area contributed by atoms with Crippen LogP contribution in [0.15, 0.2) is 12.3 Å². The van der Waals surface area contributed by atoms with Gasteiger partial charge in [-0.15, -0.1) is 0 Å². The van der Waals surface area contributed by atoms with Crippen LogP contribution >= 0.6 is 11.6 Å². The summed E-state index contributed by atoms with van der Waals surface area (Å²) in [6.07, 6.45) is 6.64. The molecule has 1 saturated carbocycles. The number of rotatable bonds is 2. The van der Waals surface area contributed by atoms with Crippen LogP contribution in [-0.2, 0) is 0 Å². The molecule has 76 valence electrons. The molecule has 0 amide bonds. The Morgan fingerprint density at radius 1 is 1.43 bits per heavy atom. The molecule has 0 unspecified atom stereocenters. The molecule has 1 aliphatic carbocycles. The van der Waals surface area contributed by atoms with Crippen LogP contribution in [-0.4, -0.2) is 11.0 Å². The third-order valence-electron chi connectivity index (χ3n) is 2.56. The smallest absolute Gasteiger partial charge is 0.145 e. The Kier molecular flexibility index (Phi) is 2.77. The fourth-order valence-electron chi connectivity index (χ4n) is 1.82. The minimum absolute atomic E-state index is 0.531. The Morgan fingerprint density at radius 2 is 2.14 bits per heavy atom. The third-order valence-corrected chi connectivity index (χ3v) is 2.85. The van der Waals surface area contributed by atoms with Crippen molar-refractivity contribution in [2.45, 2.75) is 31.7 Å². The largest absolute Gasteiger partial charge is 0.397 e. The molecule has 1 aromatic rings. The van der Waals surface area contributed by atoms with Crippen molar-refractivity contribution in [1.82, 2.24) is 4.98 Å². The van der Waals surface area contributed by atoms with E-state index in [1.165, 1.54) is 25.7 Å². The lowest BCUT2D eigenvalue weighted by Gasteiger charge is -2.13. The predicted octanol–water partition coefficient (Wildman–Crippen LogP) is 2.67. The van der Waals surface area contributed by atoms with E-state index in [9.17, 15) is 0 Å². The number of nitrogens with one attached hydrogen (secondary N) is 1. The molecule has 0 bridgehead atoms. The molecular weight excluding hydrogens is 198 g/mol. The van der Waals surface area contributed by atoms with Gasteiger partial charge in [0.05, 0.1) is 16.9 Å². The maximum atomic E-state index is 6.00. The SMILES string of the molecule is Nc1cnc(NC2CCCC2)c(Cl)c1. The minimum Gasteiger partial charge on any atom is -0.397 e. The van der Waals surface area contributed by atoms with E-state index >= 15 is 0 Å². The normalized spacial score (nSPS) is 17.2. The van der Waals surface area contributed by atoms with Gasteiger partial charge >= 0.3 is 0 Å². The van der Waals surface area contributed by atoms with Crippen molar-refractivity contribution in [2.24, 2.45) is 0 Å². The second-order valence-electron chi connectivity index (χ2n) is 3.72. The highest BCUT2D eigenvalue weighted by atomic mass is 35.5. The molecule has 0 spiro atoms. The number of hydrogen-bond acceptors (Lipinski definition) is 3. The highest BCUT2D eigenvalue weighted by Gasteiger charge is 2.16. The first kappa shape index (κ1) is 9.59. The van der Waals surface area contributed by atoms with Gasteiger partial charge in [-0.25, -0.2) is 4.98 Å². The lowest BCUT2D eigenvalue weighted by Crippen LogP contribution is -2.15. The van der Waals surface area contributed by atoms with E-state index in [0.717, 1.165) is 5.82 Å². The lowest BCUT2D eigenvalue weighted by molar-refractivity contribution is 0.751. The lowest BCUT2D eigenvalue weighted by atomic mass is 10.2. The van der Waals surface area contributed by atoms with Gasteiger partial charge in [-0.3, -0.25) is 0 Å². The van der Waals surface area contributed by atoms with Crippen molar-refractivity contribution in [2.75, 3.05) is 11.1 Å². The zero-order valence-electron chi connectivity index (χ0n) is 7.96. The fraction of sp³-hybridized carbons (Fsp3) is 0.500. The van der Waals surface area contributed by atoms with Crippen molar-refractivity contribution < 1.29 is 0 Å². The first-order valence-electron chi connectivity index (χ1n) is 4.93. The molecule has 0 aliphatic heterocycles. The Labute approximate surface area is 88.7 Å². The molecule has 0 atom stereocenters. The fourth-order valence-corrected chi connectivity index (χ4v) is 2.05. The number of anilines is 2. The van der Waals surface area contributed by atoms with Crippen LogP contribution in [0.25, 0.3) is 0 Å². The van der Waals surface area contributed by atoms with Gasteiger partial charge in [-0.2, -0.15) is 0 Å². The Bertz CT molecular complexity index is 321. The summed E-state index contributed by atoms with van der Waals surface area (Å²) >= 11 is 6.00. The number of halogens is 1. The van der Waals surface area contributed by atoms with Crippen molar-refractivity contribution in [3.8, 4) is 0 Å². The second-order valence-corrected chi connectivity index (χ2v) is 4.13. The summed E-state index contributed by atoms with van der Waals surface area (Å²) in [4.78, 5) is 4.17.